The van der Waals surface area contributed by atoms with Gasteiger partial charge in [-0.15, -0.1) is 23.5 Å². The van der Waals surface area contributed by atoms with Gasteiger partial charge in [-0.2, -0.15) is 0 Å². The Kier molecular flexibility index (Phi) is 6.50. The SMILES string of the molecule is CCSC(C)C(=O)NCC1CCCN1C(=O)C1(C)CCCS1. The topological polar surface area (TPSA) is 49.4 Å². The van der Waals surface area contributed by atoms with Gasteiger partial charge < -0.3 is 10.2 Å². The third-order valence-electron chi connectivity index (χ3n) is 4.61. The van der Waals surface area contributed by atoms with E-state index in [2.05, 4.69) is 19.2 Å². The van der Waals surface area contributed by atoms with Crippen molar-refractivity contribution in [1.82, 2.24) is 10.2 Å². The molecule has 0 saturated carbocycles. The van der Waals surface area contributed by atoms with Gasteiger partial charge in [0.25, 0.3) is 0 Å². The van der Waals surface area contributed by atoms with E-state index in [0.29, 0.717) is 6.54 Å². The zero-order chi connectivity index (χ0) is 16.2. The molecule has 6 heteroatoms. The summed E-state index contributed by atoms with van der Waals surface area (Å²) < 4.78 is -0.238. The number of amides is 2. The molecule has 0 aromatic rings. The molecule has 0 aliphatic carbocycles. The normalized spacial score (nSPS) is 29.6. The number of hydrogen-bond donors (Lipinski definition) is 1. The van der Waals surface area contributed by atoms with Crippen LogP contribution < -0.4 is 5.32 Å². The van der Waals surface area contributed by atoms with Gasteiger partial charge in [0.2, 0.25) is 11.8 Å². The molecule has 22 heavy (non-hydrogen) atoms. The van der Waals surface area contributed by atoms with Crippen molar-refractivity contribution in [2.24, 2.45) is 0 Å². The summed E-state index contributed by atoms with van der Waals surface area (Å²) in [5.41, 5.74) is 0. The highest BCUT2D eigenvalue weighted by atomic mass is 32.2. The third-order valence-corrected chi connectivity index (χ3v) is 7.16. The van der Waals surface area contributed by atoms with Crippen LogP contribution in [0.1, 0.15) is 46.5 Å². The van der Waals surface area contributed by atoms with Crippen LogP contribution in [0.2, 0.25) is 0 Å². The molecule has 1 N–H and O–H groups in total. The molecule has 2 aliphatic heterocycles. The standard InChI is InChI=1S/C16H28N2O2S2/c1-4-21-12(2)14(19)17-11-13-7-5-9-18(13)15(20)16(3)8-6-10-22-16/h12-13H,4-11H2,1-3H3,(H,17,19). The molecule has 4 nitrogen and oxygen atoms in total. The number of carbonyl (C=O) groups is 2. The van der Waals surface area contributed by atoms with Crippen molar-refractivity contribution >= 4 is 35.3 Å². The highest BCUT2D eigenvalue weighted by Crippen LogP contribution is 2.40. The molecular weight excluding hydrogens is 316 g/mol. The summed E-state index contributed by atoms with van der Waals surface area (Å²) >= 11 is 3.45. The second-order valence-corrected chi connectivity index (χ2v) is 9.54. The molecule has 0 spiro atoms. The largest absolute Gasteiger partial charge is 0.353 e. The van der Waals surface area contributed by atoms with Crippen molar-refractivity contribution in [3.05, 3.63) is 0 Å². The molecule has 0 bridgehead atoms. The van der Waals surface area contributed by atoms with Crippen LogP contribution in [0.3, 0.4) is 0 Å². The minimum Gasteiger partial charge on any atom is -0.353 e. The van der Waals surface area contributed by atoms with E-state index in [1.54, 1.807) is 23.5 Å². The van der Waals surface area contributed by atoms with Gasteiger partial charge in [-0.1, -0.05) is 6.92 Å². The van der Waals surface area contributed by atoms with Gasteiger partial charge >= 0.3 is 0 Å². The van der Waals surface area contributed by atoms with Crippen molar-refractivity contribution < 1.29 is 9.59 Å². The molecule has 2 heterocycles. The van der Waals surface area contributed by atoms with E-state index in [0.717, 1.165) is 43.7 Å². The molecule has 0 aromatic heterocycles. The Bertz CT molecular complexity index is 411. The van der Waals surface area contributed by atoms with Crippen LogP contribution in [0, 0.1) is 0 Å². The smallest absolute Gasteiger partial charge is 0.238 e. The van der Waals surface area contributed by atoms with Gasteiger partial charge in [0, 0.05) is 19.1 Å². The van der Waals surface area contributed by atoms with Crippen LogP contribution >= 0.6 is 23.5 Å². The van der Waals surface area contributed by atoms with Crippen LogP contribution in [0.4, 0.5) is 0 Å². The van der Waals surface area contributed by atoms with Gasteiger partial charge in [-0.25, -0.2) is 0 Å². The lowest BCUT2D eigenvalue weighted by Crippen LogP contribution is -2.50. The maximum atomic E-state index is 12.8. The first-order valence-electron chi connectivity index (χ1n) is 8.32. The Morgan fingerprint density at radius 3 is 2.86 bits per heavy atom. The predicted molar refractivity (Wildman–Crippen MR) is 95.4 cm³/mol. The number of likely N-dealkylation sites (tertiary alicyclic amines) is 1. The number of rotatable bonds is 6. The lowest BCUT2D eigenvalue weighted by atomic mass is 10.0. The van der Waals surface area contributed by atoms with E-state index in [1.807, 2.05) is 11.8 Å². The number of nitrogens with zero attached hydrogens (tertiary/aromatic N) is 1. The summed E-state index contributed by atoms with van der Waals surface area (Å²) in [6, 6.07) is 0.174. The van der Waals surface area contributed by atoms with E-state index in [4.69, 9.17) is 0 Å². The molecule has 0 aromatic carbocycles. The highest BCUT2D eigenvalue weighted by Gasteiger charge is 2.43. The number of hydrogen-bond acceptors (Lipinski definition) is 4. The molecule has 3 atom stereocenters. The van der Waals surface area contributed by atoms with Gasteiger partial charge in [0.05, 0.1) is 10.00 Å². The second kappa shape index (κ2) is 7.95. The van der Waals surface area contributed by atoms with Gasteiger partial charge in [-0.05, 0) is 51.0 Å². The van der Waals surface area contributed by atoms with Crippen LogP contribution in [0.15, 0.2) is 0 Å². The van der Waals surface area contributed by atoms with E-state index in [9.17, 15) is 9.59 Å². The van der Waals surface area contributed by atoms with Gasteiger partial charge in [0.15, 0.2) is 0 Å². The van der Waals surface area contributed by atoms with Crippen LogP contribution in [0.5, 0.6) is 0 Å². The van der Waals surface area contributed by atoms with Crippen molar-refractivity contribution in [3.63, 3.8) is 0 Å². The van der Waals surface area contributed by atoms with E-state index in [1.165, 1.54) is 0 Å². The maximum Gasteiger partial charge on any atom is 0.238 e. The summed E-state index contributed by atoms with van der Waals surface area (Å²) in [5, 5.41) is 3.02. The summed E-state index contributed by atoms with van der Waals surface area (Å²) in [7, 11) is 0. The molecule has 126 valence electrons. The van der Waals surface area contributed by atoms with Crippen molar-refractivity contribution in [1.29, 1.82) is 0 Å². The number of thioether (sulfide) groups is 2. The van der Waals surface area contributed by atoms with Gasteiger partial charge in [0.1, 0.15) is 0 Å². The van der Waals surface area contributed by atoms with E-state index in [-0.39, 0.29) is 27.9 Å². The minimum atomic E-state index is -0.238. The van der Waals surface area contributed by atoms with Crippen molar-refractivity contribution in [2.75, 3.05) is 24.6 Å². The first-order chi connectivity index (χ1) is 10.5. The Morgan fingerprint density at radius 2 is 2.23 bits per heavy atom. The van der Waals surface area contributed by atoms with Crippen LogP contribution in [-0.2, 0) is 9.59 Å². The Labute approximate surface area is 142 Å². The molecular formula is C16H28N2O2S2. The zero-order valence-electron chi connectivity index (χ0n) is 13.9. The monoisotopic (exact) mass is 344 g/mol. The number of nitrogens with one attached hydrogen (secondary N) is 1. The van der Waals surface area contributed by atoms with Gasteiger partial charge in [-0.3, -0.25) is 9.59 Å². The summed E-state index contributed by atoms with van der Waals surface area (Å²) in [6.45, 7) is 7.53. The Morgan fingerprint density at radius 1 is 1.45 bits per heavy atom. The van der Waals surface area contributed by atoms with E-state index >= 15 is 0 Å². The molecule has 2 saturated heterocycles. The molecule has 2 rings (SSSR count). The maximum absolute atomic E-state index is 12.8. The Balaban J connectivity index is 1.88. The summed E-state index contributed by atoms with van der Waals surface area (Å²) in [5.74, 6) is 2.40. The zero-order valence-corrected chi connectivity index (χ0v) is 15.5. The summed E-state index contributed by atoms with van der Waals surface area (Å²) in [4.78, 5) is 26.9. The second-order valence-electron chi connectivity index (χ2n) is 6.32. The Hall–Kier alpha value is -0.360. The first-order valence-corrected chi connectivity index (χ1v) is 10.4. The predicted octanol–water partition coefficient (Wildman–Crippen LogP) is 2.52. The molecule has 2 aliphatic rings. The summed E-state index contributed by atoms with van der Waals surface area (Å²) in [6.07, 6.45) is 4.17. The minimum absolute atomic E-state index is 0.0153. The fourth-order valence-corrected chi connectivity index (χ4v) is 5.26. The molecule has 2 fully saturated rings. The first kappa shape index (κ1) is 18.0. The molecule has 3 unspecified atom stereocenters. The number of carbonyl (C=O) groups excluding carboxylic acids is 2. The van der Waals surface area contributed by atoms with Crippen LogP contribution in [-0.4, -0.2) is 57.3 Å². The average Bonchev–Trinajstić information content (AvgIpc) is 3.13. The van der Waals surface area contributed by atoms with Crippen molar-refractivity contribution in [2.45, 2.75) is 62.5 Å². The molecule has 2 amide bonds. The lowest BCUT2D eigenvalue weighted by Gasteiger charge is -2.32. The third kappa shape index (κ3) is 4.13. The van der Waals surface area contributed by atoms with E-state index < -0.39 is 0 Å². The highest BCUT2D eigenvalue weighted by molar-refractivity contribution is 8.01. The fourth-order valence-electron chi connectivity index (χ4n) is 3.25. The van der Waals surface area contributed by atoms with Crippen LogP contribution in [0.25, 0.3) is 0 Å². The van der Waals surface area contributed by atoms with Crippen molar-refractivity contribution in [3.8, 4) is 0 Å². The lowest BCUT2D eigenvalue weighted by molar-refractivity contribution is -0.134. The average molecular weight is 345 g/mol. The quantitative estimate of drug-likeness (QED) is 0.804. The molecule has 0 radical (unpaired) electrons. The fraction of sp³-hybridized carbons (Fsp3) is 0.875.